The smallest absolute Gasteiger partial charge is 0.224 e. The van der Waals surface area contributed by atoms with Crippen molar-refractivity contribution in [2.45, 2.75) is 38.1 Å². The van der Waals surface area contributed by atoms with E-state index in [1.165, 1.54) is 0 Å². The molecule has 0 spiro atoms. The van der Waals surface area contributed by atoms with Gasteiger partial charge in [0.15, 0.2) is 0 Å². The van der Waals surface area contributed by atoms with Gasteiger partial charge in [-0.25, -0.2) is 0 Å². The van der Waals surface area contributed by atoms with Crippen LogP contribution in [0.25, 0.3) is 0 Å². The number of hydrogen-bond donors (Lipinski definition) is 4. The van der Waals surface area contributed by atoms with Crippen molar-refractivity contribution < 1.29 is 15.0 Å². The highest BCUT2D eigenvalue weighted by atomic mass is 16.3. The van der Waals surface area contributed by atoms with E-state index in [4.69, 9.17) is 15.9 Å². The molecule has 100 valence electrons. The SMILES string of the molecule is CC(CO)(CO)NC(=O)C1CCCCC1CN. The van der Waals surface area contributed by atoms with Gasteiger partial charge in [-0.3, -0.25) is 4.79 Å². The molecular weight excluding hydrogens is 220 g/mol. The number of hydrogen-bond acceptors (Lipinski definition) is 4. The standard InChI is InChI=1S/C12H24N2O3/c1-12(7-15,8-16)14-11(17)10-5-3-2-4-9(10)6-13/h9-10,15-16H,2-8,13H2,1H3,(H,14,17). The van der Waals surface area contributed by atoms with Gasteiger partial charge in [-0.05, 0) is 32.2 Å². The Morgan fingerprint density at radius 2 is 1.94 bits per heavy atom. The van der Waals surface area contributed by atoms with Crippen LogP contribution in [-0.4, -0.2) is 41.4 Å². The first-order valence-corrected chi connectivity index (χ1v) is 6.30. The molecule has 1 fully saturated rings. The fraction of sp³-hybridized carbons (Fsp3) is 0.917. The molecule has 0 heterocycles. The molecule has 17 heavy (non-hydrogen) atoms. The van der Waals surface area contributed by atoms with E-state index in [2.05, 4.69) is 5.32 Å². The first-order valence-electron chi connectivity index (χ1n) is 6.30. The van der Waals surface area contributed by atoms with Gasteiger partial charge in [-0.2, -0.15) is 0 Å². The summed E-state index contributed by atoms with van der Waals surface area (Å²) in [5.41, 5.74) is 4.74. The molecule has 2 unspecified atom stereocenters. The number of aliphatic hydroxyl groups excluding tert-OH is 2. The summed E-state index contributed by atoms with van der Waals surface area (Å²) < 4.78 is 0. The second kappa shape index (κ2) is 6.33. The molecule has 0 aliphatic heterocycles. The van der Waals surface area contributed by atoms with Crippen LogP contribution in [0.3, 0.4) is 0 Å². The van der Waals surface area contributed by atoms with Crippen LogP contribution >= 0.6 is 0 Å². The minimum absolute atomic E-state index is 0.0776. The maximum atomic E-state index is 12.1. The van der Waals surface area contributed by atoms with Crippen molar-refractivity contribution in [1.29, 1.82) is 0 Å². The number of rotatable bonds is 5. The van der Waals surface area contributed by atoms with Crippen LogP contribution in [0.2, 0.25) is 0 Å². The van der Waals surface area contributed by atoms with Crippen LogP contribution in [0.1, 0.15) is 32.6 Å². The maximum absolute atomic E-state index is 12.1. The summed E-state index contributed by atoms with van der Waals surface area (Å²) in [5, 5.41) is 21.0. The normalized spacial score (nSPS) is 25.6. The van der Waals surface area contributed by atoms with E-state index in [1.807, 2.05) is 0 Å². The Morgan fingerprint density at radius 3 is 2.47 bits per heavy atom. The molecule has 1 amide bonds. The topological polar surface area (TPSA) is 95.6 Å². The Balaban J connectivity index is 2.61. The van der Waals surface area contributed by atoms with Gasteiger partial charge >= 0.3 is 0 Å². The van der Waals surface area contributed by atoms with E-state index in [0.717, 1.165) is 25.7 Å². The number of nitrogens with two attached hydrogens (primary N) is 1. The summed E-state index contributed by atoms with van der Waals surface area (Å²) in [6.45, 7) is 1.61. The van der Waals surface area contributed by atoms with E-state index in [0.29, 0.717) is 6.54 Å². The summed E-state index contributed by atoms with van der Waals surface area (Å²) >= 11 is 0. The predicted molar refractivity (Wildman–Crippen MR) is 65.2 cm³/mol. The van der Waals surface area contributed by atoms with Crippen molar-refractivity contribution in [2.75, 3.05) is 19.8 Å². The van der Waals surface area contributed by atoms with Crippen LogP contribution in [0.5, 0.6) is 0 Å². The van der Waals surface area contributed by atoms with Gasteiger partial charge < -0.3 is 21.3 Å². The Bertz CT molecular complexity index is 254. The third-order valence-corrected chi connectivity index (χ3v) is 3.67. The third-order valence-electron chi connectivity index (χ3n) is 3.67. The number of aliphatic hydroxyl groups is 2. The zero-order chi connectivity index (χ0) is 12.9. The van der Waals surface area contributed by atoms with Crippen molar-refractivity contribution in [1.82, 2.24) is 5.32 Å². The number of amides is 1. The zero-order valence-electron chi connectivity index (χ0n) is 10.5. The van der Waals surface area contributed by atoms with E-state index in [1.54, 1.807) is 6.92 Å². The molecule has 5 nitrogen and oxygen atoms in total. The second-order valence-electron chi connectivity index (χ2n) is 5.25. The fourth-order valence-corrected chi connectivity index (χ4v) is 2.35. The molecule has 0 bridgehead atoms. The fourth-order valence-electron chi connectivity index (χ4n) is 2.35. The van der Waals surface area contributed by atoms with Gasteiger partial charge in [0.1, 0.15) is 0 Å². The van der Waals surface area contributed by atoms with E-state index >= 15 is 0 Å². The van der Waals surface area contributed by atoms with Crippen molar-refractivity contribution in [3.63, 3.8) is 0 Å². The Hall–Kier alpha value is -0.650. The van der Waals surface area contributed by atoms with Gasteiger partial charge in [0.25, 0.3) is 0 Å². The van der Waals surface area contributed by atoms with Gasteiger partial charge in [0.05, 0.1) is 18.8 Å². The van der Waals surface area contributed by atoms with Gasteiger partial charge in [0, 0.05) is 5.92 Å². The van der Waals surface area contributed by atoms with E-state index in [-0.39, 0.29) is 31.0 Å². The van der Waals surface area contributed by atoms with Crippen molar-refractivity contribution in [3.05, 3.63) is 0 Å². The minimum Gasteiger partial charge on any atom is -0.394 e. The molecule has 0 saturated heterocycles. The molecule has 0 aromatic rings. The molecular formula is C12H24N2O3. The van der Waals surface area contributed by atoms with Crippen LogP contribution in [0.4, 0.5) is 0 Å². The molecule has 2 atom stereocenters. The maximum Gasteiger partial charge on any atom is 0.224 e. The molecule has 5 N–H and O–H groups in total. The van der Waals surface area contributed by atoms with Gasteiger partial charge in [-0.1, -0.05) is 12.8 Å². The van der Waals surface area contributed by atoms with Crippen LogP contribution < -0.4 is 11.1 Å². The molecule has 5 heteroatoms. The first kappa shape index (κ1) is 14.4. The van der Waals surface area contributed by atoms with Crippen LogP contribution in [-0.2, 0) is 4.79 Å². The minimum atomic E-state index is -0.937. The lowest BCUT2D eigenvalue weighted by molar-refractivity contribution is -0.130. The highest BCUT2D eigenvalue weighted by Gasteiger charge is 2.33. The lowest BCUT2D eigenvalue weighted by atomic mass is 9.78. The Morgan fingerprint density at radius 1 is 1.35 bits per heavy atom. The summed E-state index contributed by atoms with van der Waals surface area (Å²) in [6, 6.07) is 0. The highest BCUT2D eigenvalue weighted by molar-refractivity contribution is 5.79. The van der Waals surface area contributed by atoms with Gasteiger partial charge in [-0.15, -0.1) is 0 Å². The quantitative estimate of drug-likeness (QED) is 0.530. The second-order valence-corrected chi connectivity index (χ2v) is 5.25. The average Bonchev–Trinajstić information content (AvgIpc) is 2.38. The van der Waals surface area contributed by atoms with Crippen molar-refractivity contribution in [2.24, 2.45) is 17.6 Å². The summed E-state index contributed by atoms with van der Waals surface area (Å²) in [7, 11) is 0. The summed E-state index contributed by atoms with van der Waals surface area (Å²) in [4.78, 5) is 12.1. The molecule has 1 aliphatic rings. The third kappa shape index (κ3) is 3.66. The van der Waals surface area contributed by atoms with E-state index in [9.17, 15) is 4.79 Å². The Kier molecular flexibility index (Phi) is 5.36. The molecule has 1 saturated carbocycles. The lowest BCUT2D eigenvalue weighted by Crippen LogP contribution is -2.54. The summed E-state index contributed by atoms with van der Waals surface area (Å²) in [5.74, 6) is 0.0577. The van der Waals surface area contributed by atoms with Crippen LogP contribution in [0.15, 0.2) is 0 Å². The molecule has 0 aromatic carbocycles. The largest absolute Gasteiger partial charge is 0.394 e. The molecule has 0 aromatic heterocycles. The average molecular weight is 244 g/mol. The first-order chi connectivity index (χ1) is 8.06. The highest BCUT2D eigenvalue weighted by Crippen LogP contribution is 2.29. The summed E-state index contributed by atoms with van der Waals surface area (Å²) in [6.07, 6.45) is 4.01. The number of nitrogens with one attached hydrogen (secondary N) is 1. The zero-order valence-corrected chi connectivity index (χ0v) is 10.5. The lowest BCUT2D eigenvalue weighted by Gasteiger charge is -2.34. The van der Waals surface area contributed by atoms with Crippen molar-refractivity contribution in [3.8, 4) is 0 Å². The predicted octanol–water partition coefficient (Wildman–Crippen LogP) is -0.389. The number of carbonyl (C=O) groups excluding carboxylic acids is 1. The monoisotopic (exact) mass is 244 g/mol. The molecule has 0 radical (unpaired) electrons. The van der Waals surface area contributed by atoms with E-state index < -0.39 is 5.54 Å². The van der Waals surface area contributed by atoms with Crippen molar-refractivity contribution >= 4 is 5.91 Å². The molecule has 1 rings (SSSR count). The molecule has 1 aliphatic carbocycles. The van der Waals surface area contributed by atoms with Crippen LogP contribution in [0, 0.1) is 11.8 Å². The number of carbonyl (C=O) groups is 1. The Labute approximate surface area is 102 Å². The van der Waals surface area contributed by atoms with Gasteiger partial charge in [0.2, 0.25) is 5.91 Å².